The lowest BCUT2D eigenvalue weighted by Gasteiger charge is -2.26. The van der Waals surface area contributed by atoms with E-state index in [2.05, 4.69) is 4.74 Å². The third-order valence-corrected chi connectivity index (χ3v) is 4.57. The van der Waals surface area contributed by atoms with Gasteiger partial charge in [-0.3, -0.25) is 4.79 Å². The molecular weight excluding hydrogens is 251 g/mol. The van der Waals surface area contributed by atoms with Crippen molar-refractivity contribution in [2.45, 2.75) is 38.0 Å². The second kappa shape index (κ2) is 8.27. The van der Waals surface area contributed by atoms with E-state index in [4.69, 9.17) is 5.26 Å². The van der Waals surface area contributed by atoms with Gasteiger partial charge in [-0.1, -0.05) is 19.2 Å². The van der Waals surface area contributed by atoms with Crippen molar-refractivity contribution >= 4 is 24.2 Å². The standard InChI is InChI=1S/C11H18BN2O3S/c1-17-11(15)8-14(10-4-2-3-5-10)18(16)7-6-12-9-13/h10H,2-8H2,1H3. The normalized spacial score (nSPS) is 17.4. The summed E-state index contributed by atoms with van der Waals surface area (Å²) in [6.45, 7) is 0.0698. The molecule has 1 aliphatic carbocycles. The van der Waals surface area contributed by atoms with Gasteiger partial charge in [0.25, 0.3) is 7.28 Å². The van der Waals surface area contributed by atoms with E-state index in [0.29, 0.717) is 12.1 Å². The van der Waals surface area contributed by atoms with Gasteiger partial charge in [0, 0.05) is 11.8 Å². The number of hydrogen-bond acceptors (Lipinski definition) is 4. The van der Waals surface area contributed by atoms with E-state index in [-0.39, 0.29) is 18.6 Å². The maximum Gasteiger partial charge on any atom is 0.320 e. The lowest BCUT2D eigenvalue weighted by atomic mass is 9.78. The number of ether oxygens (including phenoxy) is 1. The summed E-state index contributed by atoms with van der Waals surface area (Å²) < 4.78 is 18.5. The highest BCUT2D eigenvalue weighted by atomic mass is 32.2. The molecule has 0 aromatic heterocycles. The first kappa shape index (κ1) is 15.2. The molecule has 0 aromatic carbocycles. The van der Waals surface area contributed by atoms with Crippen LogP contribution in [-0.4, -0.2) is 47.2 Å². The molecule has 0 spiro atoms. The molecule has 1 rings (SSSR count). The molecule has 1 saturated carbocycles. The van der Waals surface area contributed by atoms with Crippen molar-refractivity contribution in [3.05, 3.63) is 0 Å². The van der Waals surface area contributed by atoms with Crippen LogP contribution >= 0.6 is 0 Å². The maximum absolute atomic E-state index is 12.2. The smallest absolute Gasteiger partial charge is 0.320 e. The number of nitriles is 1. The molecule has 18 heavy (non-hydrogen) atoms. The predicted molar refractivity (Wildman–Crippen MR) is 70.2 cm³/mol. The molecule has 1 aliphatic rings. The zero-order chi connectivity index (χ0) is 13.4. The van der Waals surface area contributed by atoms with Crippen LogP contribution in [0, 0.1) is 11.2 Å². The Labute approximate surface area is 111 Å². The highest BCUT2D eigenvalue weighted by Crippen LogP contribution is 2.24. The summed E-state index contributed by atoms with van der Waals surface area (Å²) in [5, 5.41) is 8.42. The molecule has 1 atom stereocenters. The van der Waals surface area contributed by atoms with Gasteiger partial charge in [0.1, 0.15) is 6.54 Å². The maximum atomic E-state index is 12.2. The van der Waals surface area contributed by atoms with E-state index < -0.39 is 11.0 Å². The third kappa shape index (κ3) is 4.79. The van der Waals surface area contributed by atoms with Crippen molar-refractivity contribution in [3.63, 3.8) is 0 Å². The van der Waals surface area contributed by atoms with Gasteiger partial charge in [-0.25, -0.2) is 13.8 Å². The highest BCUT2D eigenvalue weighted by Gasteiger charge is 2.28. The lowest BCUT2D eigenvalue weighted by Crippen LogP contribution is -2.40. The molecule has 1 radical (unpaired) electrons. The minimum absolute atomic E-state index is 0.0698. The first-order chi connectivity index (χ1) is 8.69. The monoisotopic (exact) mass is 269 g/mol. The average Bonchev–Trinajstić information content (AvgIpc) is 2.89. The van der Waals surface area contributed by atoms with E-state index in [0.717, 1.165) is 25.7 Å². The van der Waals surface area contributed by atoms with Crippen molar-refractivity contribution in [3.8, 4) is 5.97 Å². The molecule has 5 nitrogen and oxygen atoms in total. The summed E-state index contributed by atoms with van der Waals surface area (Å²) >= 11 is 0. The summed E-state index contributed by atoms with van der Waals surface area (Å²) in [4.78, 5) is 11.4. The number of esters is 1. The van der Waals surface area contributed by atoms with E-state index in [1.54, 1.807) is 4.31 Å². The Hall–Kier alpha value is -0.865. The largest absolute Gasteiger partial charge is 0.468 e. The van der Waals surface area contributed by atoms with Crippen LogP contribution in [0.2, 0.25) is 6.32 Å². The molecule has 0 N–H and O–H groups in total. The second-order valence-corrected chi connectivity index (χ2v) is 5.76. The first-order valence-corrected chi connectivity index (χ1v) is 7.40. The fourth-order valence-electron chi connectivity index (χ4n) is 2.09. The van der Waals surface area contributed by atoms with Crippen molar-refractivity contribution in [1.29, 1.82) is 5.26 Å². The van der Waals surface area contributed by atoms with Crippen LogP contribution in [0.1, 0.15) is 25.7 Å². The number of carbonyl (C=O) groups excluding carboxylic acids is 1. The fourth-order valence-corrected chi connectivity index (χ4v) is 3.44. The third-order valence-electron chi connectivity index (χ3n) is 3.03. The van der Waals surface area contributed by atoms with E-state index in [9.17, 15) is 9.00 Å². The van der Waals surface area contributed by atoms with Gasteiger partial charge in [-0.2, -0.15) is 0 Å². The molecule has 0 amide bonds. The van der Waals surface area contributed by atoms with Gasteiger partial charge >= 0.3 is 5.97 Å². The summed E-state index contributed by atoms with van der Waals surface area (Å²) in [6.07, 6.45) is 4.66. The van der Waals surface area contributed by atoms with Crippen LogP contribution in [0.4, 0.5) is 0 Å². The average molecular weight is 269 g/mol. The molecule has 7 heteroatoms. The molecule has 0 saturated heterocycles. The van der Waals surface area contributed by atoms with Crippen molar-refractivity contribution < 1.29 is 13.7 Å². The fraction of sp³-hybridized carbons (Fsp3) is 0.818. The van der Waals surface area contributed by atoms with Crippen LogP contribution in [0.25, 0.3) is 0 Å². The Morgan fingerprint density at radius 3 is 2.78 bits per heavy atom. The van der Waals surface area contributed by atoms with Crippen molar-refractivity contribution in [2.24, 2.45) is 0 Å². The highest BCUT2D eigenvalue weighted by molar-refractivity contribution is 7.82. The van der Waals surface area contributed by atoms with E-state index in [1.165, 1.54) is 14.4 Å². The minimum atomic E-state index is -1.22. The Kier molecular flexibility index (Phi) is 6.98. The van der Waals surface area contributed by atoms with Crippen molar-refractivity contribution in [1.82, 2.24) is 4.31 Å². The quantitative estimate of drug-likeness (QED) is 0.387. The second-order valence-electron chi connectivity index (χ2n) is 4.24. The Morgan fingerprint density at radius 1 is 1.56 bits per heavy atom. The topological polar surface area (TPSA) is 70.4 Å². The number of nitrogens with zero attached hydrogens (tertiary/aromatic N) is 2. The first-order valence-electron chi connectivity index (χ1n) is 6.12. The SMILES string of the molecule is COC(=O)CN(C1CCCC1)S(=O)CC[B]C#N. The molecule has 0 bridgehead atoms. The van der Waals surface area contributed by atoms with Gasteiger partial charge in [-0.05, 0) is 18.8 Å². The summed E-state index contributed by atoms with van der Waals surface area (Å²) in [5.41, 5.74) is 0. The van der Waals surface area contributed by atoms with Crippen LogP contribution < -0.4 is 0 Å². The number of rotatable bonds is 7. The van der Waals surface area contributed by atoms with Gasteiger partial charge < -0.3 is 4.74 Å². The molecule has 1 unspecified atom stereocenters. The van der Waals surface area contributed by atoms with Gasteiger partial charge in [-0.15, -0.1) is 0 Å². The predicted octanol–water partition coefficient (Wildman–Crippen LogP) is 0.671. The van der Waals surface area contributed by atoms with Crippen LogP contribution in [-0.2, 0) is 20.5 Å². The van der Waals surface area contributed by atoms with Gasteiger partial charge in [0.05, 0.1) is 18.1 Å². The molecule has 1 fully saturated rings. The lowest BCUT2D eigenvalue weighted by molar-refractivity contribution is -0.141. The zero-order valence-electron chi connectivity index (χ0n) is 10.6. The number of methoxy groups -OCH3 is 1. The summed E-state index contributed by atoms with van der Waals surface area (Å²) in [7, 11) is 1.55. The molecule has 0 aliphatic heterocycles. The minimum Gasteiger partial charge on any atom is -0.468 e. The van der Waals surface area contributed by atoms with Crippen molar-refractivity contribution in [2.75, 3.05) is 19.4 Å². The van der Waals surface area contributed by atoms with Crippen LogP contribution in [0.15, 0.2) is 0 Å². The Balaban J connectivity index is 2.55. The molecule has 99 valence electrons. The van der Waals surface area contributed by atoms with E-state index >= 15 is 0 Å². The van der Waals surface area contributed by atoms with E-state index in [1.807, 2.05) is 5.97 Å². The Morgan fingerprint density at radius 2 is 2.22 bits per heavy atom. The van der Waals surface area contributed by atoms with Gasteiger partial charge in [0.15, 0.2) is 0 Å². The number of carbonyl (C=O) groups is 1. The van der Waals surface area contributed by atoms with Gasteiger partial charge in [0.2, 0.25) is 0 Å². The van der Waals surface area contributed by atoms with Crippen LogP contribution in [0.3, 0.4) is 0 Å². The molecule has 0 aromatic rings. The number of hydrogen-bond donors (Lipinski definition) is 0. The zero-order valence-corrected chi connectivity index (χ0v) is 11.4. The molecule has 0 heterocycles. The summed E-state index contributed by atoms with van der Waals surface area (Å²) in [6, 6.07) is 0.201. The van der Waals surface area contributed by atoms with Crippen LogP contribution in [0.5, 0.6) is 0 Å². The Bertz CT molecular complexity index is 340. The summed E-state index contributed by atoms with van der Waals surface area (Å²) in [5.74, 6) is 1.94. The molecular formula is C11H18BN2O3S.